The van der Waals surface area contributed by atoms with Crippen molar-refractivity contribution in [3.63, 3.8) is 0 Å². The highest BCUT2D eigenvalue weighted by Crippen LogP contribution is 2.21. The Hall–Kier alpha value is -2.08. The average Bonchev–Trinajstić information content (AvgIpc) is 2.85. The van der Waals surface area contributed by atoms with Gasteiger partial charge in [-0.3, -0.25) is 4.79 Å². The Balaban J connectivity index is 1.98. The predicted octanol–water partition coefficient (Wildman–Crippen LogP) is 1.20. The first-order valence-corrected chi connectivity index (χ1v) is 7.56. The van der Waals surface area contributed by atoms with Gasteiger partial charge in [0.25, 0.3) is 0 Å². The van der Waals surface area contributed by atoms with Crippen LogP contribution in [0.4, 0.5) is 10.5 Å². The zero-order valence-electron chi connectivity index (χ0n) is 13.0. The number of nitrogens with one attached hydrogen (secondary N) is 1. The molecule has 0 spiro atoms. The number of para-hydroxylation sites is 1. The molecule has 0 aromatic heterocycles. The number of hydrogen-bond acceptors (Lipinski definition) is 3. The molecule has 120 valence electrons. The average molecular weight is 305 g/mol. The summed E-state index contributed by atoms with van der Waals surface area (Å²) in [5.74, 6) is 0.00903. The first kappa shape index (κ1) is 16.3. The fourth-order valence-electron chi connectivity index (χ4n) is 2.62. The number of amides is 3. The van der Waals surface area contributed by atoms with Crippen LogP contribution in [0.15, 0.2) is 30.3 Å². The number of anilines is 1. The molecule has 1 unspecified atom stereocenters. The van der Waals surface area contributed by atoms with E-state index < -0.39 is 0 Å². The summed E-state index contributed by atoms with van der Waals surface area (Å²) in [7, 11) is 0. The number of benzene rings is 1. The number of hydrogen-bond donors (Lipinski definition) is 2. The van der Waals surface area contributed by atoms with E-state index in [0.717, 1.165) is 5.69 Å². The topological polar surface area (TPSA) is 72.9 Å². The lowest BCUT2D eigenvalue weighted by Gasteiger charge is -2.27. The molecule has 6 nitrogen and oxygen atoms in total. The minimum atomic E-state index is -0.239. The lowest BCUT2D eigenvalue weighted by atomic mass is 10.2. The van der Waals surface area contributed by atoms with Crippen molar-refractivity contribution in [2.75, 3.05) is 24.6 Å². The zero-order valence-corrected chi connectivity index (χ0v) is 13.0. The summed E-state index contributed by atoms with van der Waals surface area (Å²) in [5.41, 5.74) is 0.848. The number of carbonyl (C=O) groups excluding carboxylic acids is 2. The van der Waals surface area contributed by atoms with Gasteiger partial charge in [0.15, 0.2) is 0 Å². The van der Waals surface area contributed by atoms with Gasteiger partial charge in [0.2, 0.25) is 5.91 Å². The Morgan fingerprint density at radius 2 is 2.09 bits per heavy atom. The molecule has 1 aliphatic heterocycles. The third-order valence-electron chi connectivity index (χ3n) is 3.75. The molecule has 6 heteroatoms. The Bertz CT molecular complexity index is 519. The molecule has 1 fully saturated rings. The zero-order chi connectivity index (χ0) is 16.1. The number of urea groups is 1. The van der Waals surface area contributed by atoms with Crippen LogP contribution < -0.4 is 10.2 Å². The standard InChI is InChI=1S/C16H23N3O3/c1-12(2)18(8-9-20)16(22)17-13-10-15(21)19(11-13)14-6-4-3-5-7-14/h3-7,12-13,20H,8-11H2,1-2H3,(H,17,22). The molecule has 22 heavy (non-hydrogen) atoms. The summed E-state index contributed by atoms with van der Waals surface area (Å²) >= 11 is 0. The molecule has 1 aromatic carbocycles. The van der Waals surface area contributed by atoms with Gasteiger partial charge >= 0.3 is 6.03 Å². The number of rotatable bonds is 5. The van der Waals surface area contributed by atoms with Gasteiger partial charge in [-0.1, -0.05) is 18.2 Å². The normalized spacial score (nSPS) is 17.9. The van der Waals surface area contributed by atoms with E-state index in [4.69, 9.17) is 5.11 Å². The van der Waals surface area contributed by atoms with Crippen LogP contribution in [0.25, 0.3) is 0 Å². The second kappa shape index (κ2) is 7.26. The lowest BCUT2D eigenvalue weighted by molar-refractivity contribution is -0.117. The van der Waals surface area contributed by atoms with E-state index >= 15 is 0 Å². The van der Waals surface area contributed by atoms with Gasteiger partial charge < -0.3 is 20.2 Å². The van der Waals surface area contributed by atoms with Crippen LogP contribution in [-0.2, 0) is 4.79 Å². The Kier molecular flexibility index (Phi) is 5.38. The van der Waals surface area contributed by atoms with Crippen molar-refractivity contribution >= 4 is 17.6 Å². The summed E-state index contributed by atoms with van der Waals surface area (Å²) in [5, 5.41) is 11.9. The van der Waals surface area contributed by atoms with Crippen LogP contribution >= 0.6 is 0 Å². The Morgan fingerprint density at radius 3 is 2.68 bits per heavy atom. The second-order valence-corrected chi connectivity index (χ2v) is 5.70. The second-order valence-electron chi connectivity index (χ2n) is 5.70. The molecule has 1 atom stereocenters. The van der Waals surface area contributed by atoms with Crippen molar-refractivity contribution in [2.45, 2.75) is 32.4 Å². The van der Waals surface area contributed by atoms with E-state index in [9.17, 15) is 9.59 Å². The van der Waals surface area contributed by atoms with Crippen LogP contribution in [-0.4, -0.2) is 53.7 Å². The van der Waals surface area contributed by atoms with Gasteiger partial charge in [-0.25, -0.2) is 4.79 Å². The maximum Gasteiger partial charge on any atom is 0.318 e. The van der Waals surface area contributed by atoms with Crippen molar-refractivity contribution in [2.24, 2.45) is 0 Å². The minimum Gasteiger partial charge on any atom is -0.395 e. The third kappa shape index (κ3) is 3.76. The van der Waals surface area contributed by atoms with Crippen LogP contribution in [0.5, 0.6) is 0 Å². The molecule has 1 saturated heterocycles. The summed E-state index contributed by atoms with van der Waals surface area (Å²) in [6.45, 7) is 4.47. The van der Waals surface area contributed by atoms with E-state index in [2.05, 4.69) is 5.32 Å². The highest BCUT2D eigenvalue weighted by molar-refractivity contribution is 5.96. The number of aliphatic hydroxyl groups is 1. The molecule has 0 saturated carbocycles. The van der Waals surface area contributed by atoms with Crippen LogP contribution in [0.1, 0.15) is 20.3 Å². The molecule has 3 amide bonds. The predicted molar refractivity (Wildman–Crippen MR) is 84.7 cm³/mol. The van der Waals surface area contributed by atoms with Gasteiger partial charge in [-0.2, -0.15) is 0 Å². The molecule has 0 radical (unpaired) electrons. The van der Waals surface area contributed by atoms with Crippen molar-refractivity contribution in [1.29, 1.82) is 0 Å². The van der Waals surface area contributed by atoms with E-state index in [1.165, 1.54) is 0 Å². The maximum absolute atomic E-state index is 12.3. The number of carbonyl (C=O) groups is 2. The molecule has 0 bridgehead atoms. The van der Waals surface area contributed by atoms with Gasteiger partial charge in [0, 0.05) is 31.2 Å². The van der Waals surface area contributed by atoms with E-state index in [1.807, 2.05) is 44.2 Å². The Labute approximate surface area is 130 Å². The van der Waals surface area contributed by atoms with Crippen molar-refractivity contribution in [3.05, 3.63) is 30.3 Å². The monoisotopic (exact) mass is 305 g/mol. The van der Waals surface area contributed by atoms with Gasteiger partial charge in [-0.15, -0.1) is 0 Å². The molecular formula is C16H23N3O3. The first-order chi connectivity index (χ1) is 10.5. The number of nitrogens with zero attached hydrogens (tertiary/aromatic N) is 2. The fourth-order valence-corrected chi connectivity index (χ4v) is 2.62. The van der Waals surface area contributed by atoms with Gasteiger partial charge in [0.05, 0.1) is 12.6 Å². The summed E-state index contributed by atoms with van der Waals surface area (Å²) in [4.78, 5) is 27.6. The molecule has 2 N–H and O–H groups in total. The molecule has 0 aliphatic carbocycles. The molecule has 2 rings (SSSR count). The Morgan fingerprint density at radius 1 is 1.41 bits per heavy atom. The van der Waals surface area contributed by atoms with E-state index in [0.29, 0.717) is 13.0 Å². The van der Waals surface area contributed by atoms with Crippen molar-refractivity contribution in [1.82, 2.24) is 10.2 Å². The molecule has 1 heterocycles. The van der Waals surface area contributed by atoms with Crippen molar-refractivity contribution < 1.29 is 14.7 Å². The maximum atomic E-state index is 12.3. The minimum absolute atomic E-state index is 0.00511. The SMILES string of the molecule is CC(C)N(CCO)C(=O)NC1CC(=O)N(c2ccccc2)C1. The summed E-state index contributed by atoms with van der Waals surface area (Å²) < 4.78 is 0. The summed E-state index contributed by atoms with van der Waals surface area (Å²) in [6, 6.07) is 8.99. The third-order valence-corrected chi connectivity index (χ3v) is 3.75. The van der Waals surface area contributed by atoms with Crippen LogP contribution in [0, 0.1) is 0 Å². The highest BCUT2D eigenvalue weighted by Gasteiger charge is 2.32. The van der Waals surface area contributed by atoms with Crippen molar-refractivity contribution in [3.8, 4) is 0 Å². The lowest BCUT2D eigenvalue weighted by Crippen LogP contribution is -2.49. The smallest absolute Gasteiger partial charge is 0.318 e. The fraction of sp³-hybridized carbons (Fsp3) is 0.500. The van der Waals surface area contributed by atoms with Crippen LogP contribution in [0.3, 0.4) is 0 Å². The quantitative estimate of drug-likeness (QED) is 0.858. The highest BCUT2D eigenvalue weighted by atomic mass is 16.3. The molecule has 1 aromatic rings. The van der Waals surface area contributed by atoms with E-state index in [-0.39, 0.29) is 37.2 Å². The van der Waals surface area contributed by atoms with Gasteiger partial charge in [0.1, 0.15) is 0 Å². The molecular weight excluding hydrogens is 282 g/mol. The largest absolute Gasteiger partial charge is 0.395 e. The van der Waals surface area contributed by atoms with Crippen LogP contribution in [0.2, 0.25) is 0 Å². The molecule has 1 aliphatic rings. The van der Waals surface area contributed by atoms with Gasteiger partial charge in [-0.05, 0) is 26.0 Å². The summed E-state index contributed by atoms with van der Waals surface area (Å²) in [6.07, 6.45) is 0.297. The number of aliphatic hydroxyl groups excluding tert-OH is 1. The first-order valence-electron chi connectivity index (χ1n) is 7.56. The van der Waals surface area contributed by atoms with E-state index in [1.54, 1.807) is 9.80 Å².